The molecule has 0 aromatic heterocycles. The molecule has 0 saturated heterocycles. The van der Waals surface area contributed by atoms with Crippen molar-refractivity contribution in [3.8, 4) is 11.5 Å². The van der Waals surface area contributed by atoms with Crippen LogP contribution in [0.2, 0.25) is 0 Å². The Morgan fingerprint density at radius 1 is 1.41 bits per heavy atom. The molecule has 0 atom stereocenters. The quantitative estimate of drug-likeness (QED) is 0.766. The zero-order valence-electron chi connectivity index (χ0n) is 11.6. The molecule has 1 aromatic rings. The van der Waals surface area contributed by atoms with E-state index in [0.29, 0.717) is 5.56 Å². The highest BCUT2D eigenvalue weighted by atomic mass is 16.5. The Kier molecular flexibility index (Phi) is 4.31. The van der Waals surface area contributed by atoms with E-state index in [1.54, 1.807) is 0 Å². The summed E-state index contributed by atoms with van der Waals surface area (Å²) in [5.41, 5.74) is 0.662. The van der Waals surface area contributed by atoms with Gasteiger partial charge in [-0.1, -0.05) is 0 Å². The van der Waals surface area contributed by atoms with Crippen molar-refractivity contribution in [1.29, 1.82) is 0 Å². The first-order chi connectivity index (χ1) is 10.4. The highest BCUT2D eigenvalue weighted by Gasteiger charge is 2.30. The molecule has 1 amide bonds. The van der Waals surface area contributed by atoms with Crippen molar-refractivity contribution in [1.82, 2.24) is 0 Å². The normalized spacial score (nSPS) is 13.7. The molecule has 0 spiro atoms. The van der Waals surface area contributed by atoms with Gasteiger partial charge in [0.25, 0.3) is 5.91 Å². The first-order valence-corrected chi connectivity index (χ1v) is 6.20. The van der Waals surface area contributed by atoms with Crippen molar-refractivity contribution < 1.29 is 34.1 Å². The first-order valence-electron chi connectivity index (χ1n) is 6.20. The number of methoxy groups -OCH3 is 1. The van der Waals surface area contributed by atoms with Gasteiger partial charge in [0, 0.05) is 6.08 Å². The minimum Gasteiger partial charge on any atom is -0.493 e. The SMILES string of the molecule is COc1cc(/C=C/C(=O)O)cc2c1OCC(=O)N2CC(=O)O. The number of carboxylic acids is 2. The van der Waals surface area contributed by atoms with Crippen LogP contribution in [-0.4, -0.2) is 48.3 Å². The summed E-state index contributed by atoms with van der Waals surface area (Å²) in [6.07, 6.45) is 2.23. The lowest BCUT2D eigenvalue weighted by atomic mass is 10.1. The van der Waals surface area contributed by atoms with Crippen LogP contribution in [0.15, 0.2) is 18.2 Å². The third kappa shape index (κ3) is 3.17. The summed E-state index contributed by atoms with van der Waals surface area (Å²) in [4.78, 5) is 34.4. The lowest BCUT2D eigenvalue weighted by molar-refractivity contribution is -0.137. The molecule has 1 aliphatic rings. The molecular formula is C14H13NO7. The van der Waals surface area contributed by atoms with Gasteiger partial charge in [-0.15, -0.1) is 0 Å². The van der Waals surface area contributed by atoms with Crippen molar-refractivity contribution in [3.63, 3.8) is 0 Å². The van der Waals surface area contributed by atoms with Crippen LogP contribution in [-0.2, 0) is 14.4 Å². The smallest absolute Gasteiger partial charge is 0.328 e. The number of nitrogens with zero attached hydrogens (tertiary/aromatic N) is 1. The topological polar surface area (TPSA) is 113 Å². The van der Waals surface area contributed by atoms with Crippen LogP contribution in [0.1, 0.15) is 5.56 Å². The Labute approximate surface area is 125 Å². The maximum atomic E-state index is 11.9. The third-order valence-electron chi connectivity index (χ3n) is 2.92. The molecular weight excluding hydrogens is 294 g/mol. The van der Waals surface area contributed by atoms with E-state index < -0.39 is 24.4 Å². The standard InChI is InChI=1S/C14H13NO7/c1-21-10-5-8(2-3-12(17)18)4-9-14(10)22-7-11(16)15(9)6-13(19)20/h2-5H,6-7H2,1H3,(H,17,18)(H,19,20)/b3-2+. The lowest BCUT2D eigenvalue weighted by Gasteiger charge is -2.29. The summed E-state index contributed by atoms with van der Waals surface area (Å²) in [6.45, 7) is -0.814. The van der Waals surface area contributed by atoms with E-state index in [-0.39, 0.29) is 23.8 Å². The number of carbonyl (C=O) groups is 3. The number of aliphatic carboxylic acids is 2. The number of hydrogen-bond acceptors (Lipinski definition) is 5. The van der Waals surface area contributed by atoms with Gasteiger partial charge in [-0.2, -0.15) is 0 Å². The maximum absolute atomic E-state index is 11.9. The van der Waals surface area contributed by atoms with E-state index in [1.807, 2.05) is 0 Å². The molecule has 116 valence electrons. The number of hydrogen-bond donors (Lipinski definition) is 2. The van der Waals surface area contributed by atoms with Gasteiger partial charge in [-0.3, -0.25) is 14.5 Å². The number of carboxylic acid groups (broad SMARTS) is 2. The van der Waals surface area contributed by atoms with Gasteiger partial charge in [0.15, 0.2) is 18.1 Å². The van der Waals surface area contributed by atoms with Crippen molar-refractivity contribution in [2.45, 2.75) is 0 Å². The summed E-state index contributed by atoms with van der Waals surface area (Å²) in [6, 6.07) is 3.00. The monoisotopic (exact) mass is 307 g/mol. The molecule has 2 N–H and O–H groups in total. The van der Waals surface area contributed by atoms with Crippen molar-refractivity contribution >= 4 is 29.6 Å². The summed E-state index contributed by atoms with van der Waals surface area (Å²) >= 11 is 0. The van der Waals surface area contributed by atoms with Crippen LogP contribution < -0.4 is 14.4 Å². The Hall–Kier alpha value is -3.03. The summed E-state index contributed by atoms with van der Waals surface area (Å²) in [5, 5.41) is 17.6. The minimum atomic E-state index is -1.17. The average molecular weight is 307 g/mol. The second-order valence-corrected chi connectivity index (χ2v) is 4.41. The predicted molar refractivity (Wildman–Crippen MR) is 75.1 cm³/mol. The van der Waals surface area contributed by atoms with Crippen molar-refractivity contribution in [2.75, 3.05) is 25.2 Å². The van der Waals surface area contributed by atoms with E-state index in [1.165, 1.54) is 25.3 Å². The fraction of sp³-hybridized carbons (Fsp3) is 0.214. The Bertz CT molecular complexity index is 665. The molecule has 8 nitrogen and oxygen atoms in total. The van der Waals surface area contributed by atoms with Crippen LogP contribution in [0.5, 0.6) is 11.5 Å². The van der Waals surface area contributed by atoms with Crippen LogP contribution in [0.3, 0.4) is 0 Å². The number of rotatable bonds is 5. The second kappa shape index (κ2) is 6.17. The molecule has 1 heterocycles. The van der Waals surface area contributed by atoms with E-state index in [4.69, 9.17) is 19.7 Å². The number of carbonyl (C=O) groups excluding carboxylic acids is 1. The molecule has 0 bridgehead atoms. The summed E-state index contributed by atoms with van der Waals surface area (Å²) in [5.74, 6) is -2.28. The second-order valence-electron chi connectivity index (χ2n) is 4.41. The van der Waals surface area contributed by atoms with Gasteiger partial charge in [0.2, 0.25) is 0 Å². The Balaban J connectivity index is 2.53. The van der Waals surface area contributed by atoms with Gasteiger partial charge in [0.05, 0.1) is 12.8 Å². The van der Waals surface area contributed by atoms with Gasteiger partial charge >= 0.3 is 11.9 Å². The van der Waals surface area contributed by atoms with Gasteiger partial charge < -0.3 is 19.7 Å². The van der Waals surface area contributed by atoms with Crippen molar-refractivity contribution in [2.24, 2.45) is 0 Å². The lowest BCUT2D eigenvalue weighted by Crippen LogP contribution is -2.42. The Morgan fingerprint density at radius 3 is 2.73 bits per heavy atom. The van der Waals surface area contributed by atoms with Crippen LogP contribution in [0.25, 0.3) is 6.08 Å². The molecule has 0 unspecified atom stereocenters. The summed E-state index contributed by atoms with van der Waals surface area (Å²) in [7, 11) is 1.39. The number of benzene rings is 1. The fourth-order valence-electron chi connectivity index (χ4n) is 2.02. The average Bonchev–Trinajstić information content (AvgIpc) is 2.46. The molecule has 8 heteroatoms. The maximum Gasteiger partial charge on any atom is 0.328 e. The van der Waals surface area contributed by atoms with E-state index >= 15 is 0 Å². The highest BCUT2D eigenvalue weighted by Crippen LogP contribution is 2.41. The predicted octanol–water partition coefficient (Wildman–Crippen LogP) is 0.603. The zero-order chi connectivity index (χ0) is 16.3. The van der Waals surface area contributed by atoms with E-state index in [0.717, 1.165) is 11.0 Å². The van der Waals surface area contributed by atoms with E-state index in [9.17, 15) is 14.4 Å². The summed E-state index contributed by atoms with van der Waals surface area (Å²) < 4.78 is 10.5. The molecule has 0 saturated carbocycles. The number of ether oxygens (including phenoxy) is 2. The molecule has 2 rings (SSSR count). The molecule has 0 fully saturated rings. The molecule has 0 aliphatic carbocycles. The number of amides is 1. The van der Waals surface area contributed by atoms with Crippen LogP contribution in [0.4, 0.5) is 5.69 Å². The molecule has 22 heavy (non-hydrogen) atoms. The van der Waals surface area contributed by atoms with Crippen molar-refractivity contribution in [3.05, 3.63) is 23.8 Å². The van der Waals surface area contributed by atoms with Gasteiger partial charge in [-0.25, -0.2) is 4.79 Å². The zero-order valence-corrected chi connectivity index (χ0v) is 11.6. The van der Waals surface area contributed by atoms with Crippen LogP contribution >= 0.6 is 0 Å². The largest absolute Gasteiger partial charge is 0.493 e. The minimum absolute atomic E-state index is 0.225. The third-order valence-corrected chi connectivity index (χ3v) is 2.92. The number of anilines is 1. The van der Waals surface area contributed by atoms with Gasteiger partial charge in [-0.05, 0) is 23.8 Å². The molecule has 0 radical (unpaired) electrons. The number of fused-ring (bicyclic) bond motifs is 1. The molecule has 1 aromatic carbocycles. The van der Waals surface area contributed by atoms with E-state index in [2.05, 4.69) is 0 Å². The first kappa shape index (κ1) is 15.4. The van der Waals surface area contributed by atoms with Crippen LogP contribution in [0, 0.1) is 0 Å². The fourth-order valence-corrected chi connectivity index (χ4v) is 2.02. The Morgan fingerprint density at radius 2 is 2.14 bits per heavy atom. The van der Waals surface area contributed by atoms with Gasteiger partial charge in [0.1, 0.15) is 6.54 Å². The highest BCUT2D eigenvalue weighted by molar-refractivity contribution is 6.02. The molecule has 1 aliphatic heterocycles.